The summed E-state index contributed by atoms with van der Waals surface area (Å²) in [5.74, 6) is 0. The summed E-state index contributed by atoms with van der Waals surface area (Å²) in [6, 6.07) is 72.5. The van der Waals surface area contributed by atoms with Crippen LogP contribution in [0.1, 0.15) is 0 Å². The Morgan fingerprint density at radius 2 is 0.698 bits per heavy atom. The minimum atomic E-state index is 1.04. The second kappa shape index (κ2) is 13.2. The Morgan fingerprint density at radius 1 is 0.302 bits per heavy atom. The SMILES string of the molecule is c1ccc(-c2cccc(-c3ccccc3)c2-c2cccc(-c3c4ccccc4c(-c4cccc(-c5nc6ccccc6s5)c4)c4ccccc34)c2)cc1. The molecule has 0 spiro atoms. The van der Waals surface area contributed by atoms with Crippen LogP contribution in [-0.2, 0) is 0 Å². The number of fused-ring (bicyclic) bond motifs is 3. The predicted octanol–water partition coefficient (Wildman–Crippen LogP) is 14.6. The van der Waals surface area contributed by atoms with Crippen LogP contribution in [0.15, 0.2) is 200 Å². The van der Waals surface area contributed by atoms with Crippen molar-refractivity contribution in [1.29, 1.82) is 0 Å². The van der Waals surface area contributed by atoms with E-state index in [1.54, 1.807) is 11.3 Å². The molecule has 0 N–H and O–H groups in total. The second-order valence-electron chi connectivity index (χ2n) is 13.4. The van der Waals surface area contributed by atoms with Crippen molar-refractivity contribution in [1.82, 2.24) is 4.98 Å². The molecule has 0 unspecified atom stereocenters. The van der Waals surface area contributed by atoms with Gasteiger partial charge in [0, 0.05) is 5.56 Å². The first-order valence-corrected chi connectivity index (χ1v) is 18.9. The fourth-order valence-electron chi connectivity index (χ4n) is 7.96. The van der Waals surface area contributed by atoms with Crippen LogP contribution >= 0.6 is 11.3 Å². The number of rotatable bonds is 6. The van der Waals surface area contributed by atoms with E-state index < -0.39 is 0 Å². The maximum absolute atomic E-state index is 5.00. The maximum Gasteiger partial charge on any atom is 0.124 e. The second-order valence-corrected chi connectivity index (χ2v) is 14.5. The van der Waals surface area contributed by atoms with E-state index in [-0.39, 0.29) is 0 Å². The molecule has 248 valence electrons. The van der Waals surface area contributed by atoms with Gasteiger partial charge in [-0.2, -0.15) is 0 Å². The highest BCUT2D eigenvalue weighted by Crippen LogP contribution is 2.46. The summed E-state index contributed by atoms with van der Waals surface area (Å²) in [6.45, 7) is 0. The lowest BCUT2D eigenvalue weighted by molar-refractivity contribution is 1.48. The highest BCUT2D eigenvalue weighted by atomic mass is 32.1. The summed E-state index contributed by atoms with van der Waals surface area (Å²) in [7, 11) is 0. The van der Waals surface area contributed by atoms with Gasteiger partial charge in [0.1, 0.15) is 5.01 Å². The van der Waals surface area contributed by atoms with Crippen molar-refractivity contribution in [3.8, 4) is 66.2 Å². The van der Waals surface area contributed by atoms with Crippen molar-refractivity contribution in [3.63, 3.8) is 0 Å². The van der Waals surface area contributed by atoms with Gasteiger partial charge in [0.25, 0.3) is 0 Å². The third-order valence-electron chi connectivity index (χ3n) is 10.3. The van der Waals surface area contributed by atoms with Crippen LogP contribution in [0.25, 0.3) is 98.0 Å². The van der Waals surface area contributed by atoms with Gasteiger partial charge in [-0.25, -0.2) is 4.98 Å². The van der Waals surface area contributed by atoms with E-state index in [4.69, 9.17) is 4.98 Å². The molecule has 0 bridgehead atoms. The number of aromatic nitrogens is 1. The molecule has 1 nitrogen and oxygen atoms in total. The number of benzene rings is 9. The topological polar surface area (TPSA) is 12.9 Å². The van der Waals surface area contributed by atoms with Crippen molar-refractivity contribution >= 4 is 43.1 Å². The largest absolute Gasteiger partial charge is 0.236 e. The fourth-order valence-corrected chi connectivity index (χ4v) is 8.93. The average Bonchev–Trinajstić information content (AvgIpc) is 3.68. The molecule has 1 aromatic heterocycles. The molecule has 1 heterocycles. The van der Waals surface area contributed by atoms with E-state index in [0.29, 0.717) is 0 Å². The molecule has 2 heteroatoms. The zero-order chi connectivity index (χ0) is 35.1. The minimum Gasteiger partial charge on any atom is -0.236 e. The number of nitrogens with zero attached hydrogens (tertiary/aromatic N) is 1. The Hall–Kier alpha value is -6.61. The number of para-hydroxylation sites is 1. The lowest BCUT2D eigenvalue weighted by atomic mass is 9.84. The van der Waals surface area contributed by atoms with E-state index in [9.17, 15) is 0 Å². The molecule has 10 rings (SSSR count). The summed E-state index contributed by atoms with van der Waals surface area (Å²) in [5.41, 5.74) is 14.4. The quantitative estimate of drug-likeness (QED) is 0.158. The van der Waals surface area contributed by atoms with Crippen molar-refractivity contribution < 1.29 is 0 Å². The van der Waals surface area contributed by atoms with Gasteiger partial charge < -0.3 is 0 Å². The molecule has 10 aromatic rings. The van der Waals surface area contributed by atoms with Gasteiger partial charge in [-0.1, -0.05) is 176 Å². The molecule has 0 aliphatic heterocycles. The van der Waals surface area contributed by atoms with Crippen LogP contribution in [0.2, 0.25) is 0 Å². The summed E-state index contributed by atoms with van der Waals surface area (Å²) >= 11 is 1.75. The predicted molar refractivity (Wildman–Crippen MR) is 227 cm³/mol. The summed E-state index contributed by atoms with van der Waals surface area (Å²) in [6.07, 6.45) is 0. The van der Waals surface area contributed by atoms with Crippen LogP contribution in [0.3, 0.4) is 0 Å². The van der Waals surface area contributed by atoms with Crippen LogP contribution < -0.4 is 0 Å². The van der Waals surface area contributed by atoms with E-state index in [0.717, 1.165) is 16.1 Å². The Bertz CT molecular complexity index is 2790. The summed E-state index contributed by atoms with van der Waals surface area (Å²) < 4.78 is 1.21. The zero-order valence-corrected chi connectivity index (χ0v) is 29.7. The van der Waals surface area contributed by atoms with Crippen LogP contribution in [-0.4, -0.2) is 4.98 Å². The third-order valence-corrected chi connectivity index (χ3v) is 11.4. The smallest absolute Gasteiger partial charge is 0.124 e. The summed E-state index contributed by atoms with van der Waals surface area (Å²) in [4.78, 5) is 5.00. The van der Waals surface area contributed by atoms with Crippen molar-refractivity contribution in [2.45, 2.75) is 0 Å². The van der Waals surface area contributed by atoms with Crippen molar-refractivity contribution in [3.05, 3.63) is 200 Å². The van der Waals surface area contributed by atoms with Crippen LogP contribution in [0.5, 0.6) is 0 Å². The van der Waals surface area contributed by atoms with Crippen LogP contribution in [0.4, 0.5) is 0 Å². The normalized spacial score (nSPS) is 11.4. The van der Waals surface area contributed by atoms with Gasteiger partial charge >= 0.3 is 0 Å². The van der Waals surface area contributed by atoms with Gasteiger partial charge in [0.05, 0.1) is 10.2 Å². The van der Waals surface area contributed by atoms with E-state index in [1.807, 2.05) is 0 Å². The number of thiazole rings is 1. The Balaban J connectivity index is 1.19. The molecule has 0 atom stereocenters. The van der Waals surface area contributed by atoms with Crippen molar-refractivity contribution in [2.24, 2.45) is 0 Å². The van der Waals surface area contributed by atoms with Gasteiger partial charge in [-0.3, -0.25) is 0 Å². The molecule has 0 fully saturated rings. The zero-order valence-electron chi connectivity index (χ0n) is 28.9. The Kier molecular flexibility index (Phi) is 7.74. The van der Waals surface area contributed by atoms with E-state index in [1.165, 1.54) is 81.9 Å². The van der Waals surface area contributed by atoms with Gasteiger partial charge in [0.15, 0.2) is 0 Å². The molecule has 9 aromatic carbocycles. The van der Waals surface area contributed by atoms with E-state index >= 15 is 0 Å². The molecule has 0 aliphatic rings. The molecular formula is C51H33NS. The van der Waals surface area contributed by atoms with Gasteiger partial charge in [-0.15, -0.1) is 11.3 Å². The van der Waals surface area contributed by atoms with Crippen LogP contribution in [0, 0.1) is 0 Å². The first kappa shape index (κ1) is 31.2. The first-order valence-electron chi connectivity index (χ1n) is 18.0. The number of hydrogen-bond acceptors (Lipinski definition) is 2. The lowest BCUT2D eigenvalue weighted by Gasteiger charge is -2.20. The first-order chi connectivity index (χ1) is 26.3. The molecular weight excluding hydrogens is 659 g/mol. The Morgan fingerprint density at radius 3 is 1.23 bits per heavy atom. The number of hydrogen-bond donors (Lipinski definition) is 0. The highest BCUT2D eigenvalue weighted by Gasteiger charge is 2.19. The molecule has 0 aliphatic carbocycles. The molecule has 0 amide bonds. The monoisotopic (exact) mass is 691 g/mol. The third kappa shape index (κ3) is 5.52. The highest BCUT2D eigenvalue weighted by molar-refractivity contribution is 7.21. The van der Waals surface area contributed by atoms with Gasteiger partial charge in [-0.05, 0) is 101 Å². The molecule has 0 radical (unpaired) electrons. The molecule has 0 saturated carbocycles. The molecule has 0 saturated heterocycles. The average molecular weight is 692 g/mol. The van der Waals surface area contributed by atoms with E-state index in [2.05, 4.69) is 200 Å². The minimum absolute atomic E-state index is 1.04. The van der Waals surface area contributed by atoms with Gasteiger partial charge in [0.2, 0.25) is 0 Å². The fraction of sp³-hybridized carbons (Fsp3) is 0. The Labute approximate surface area is 313 Å². The lowest BCUT2D eigenvalue weighted by Crippen LogP contribution is -1.93. The summed E-state index contributed by atoms with van der Waals surface area (Å²) in [5, 5.41) is 6.00. The standard InChI is InChI=1S/C51H33NS/c1-3-16-34(17-4-1)40-28-15-29-41(35-18-5-2-6-19-35)48(40)36-20-13-21-37(32-36)49-42-24-7-9-26-44(42)50(45-27-10-8-25-43(45)49)38-22-14-23-39(33-38)51-52-46-30-11-12-31-47(46)53-51/h1-33H. The molecule has 53 heavy (non-hydrogen) atoms. The van der Waals surface area contributed by atoms with Crippen molar-refractivity contribution in [2.75, 3.05) is 0 Å². The maximum atomic E-state index is 5.00.